The van der Waals surface area contributed by atoms with Crippen LogP contribution >= 0.6 is 9.24 Å². The molecule has 0 radical (unpaired) electrons. The molecule has 0 rings (SSSR count). The van der Waals surface area contributed by atoms with E-state index >= 15 is 0 Å². The van der Waals surface area contributed by atoms with E-state index in [1.54, 1.807) is 0 Å². The zero-order valence-corrected chi connectivity index (χ0v) is 16.5. The third-order valence-electron chi connectivity index (χ3n) is 5.03. The standard InChI is InChI=1S/C19H41O3P/c1-2-3-4-5-6-7-8-9-10-11-12-13-14-18(15-20)19(23,16-21)17-22/h18,20-22H,2-17,23H2,1H3. The Labute approximate surface area is 146 Å². The molecule has 0 aromatic heterocycles. The molecule has 0 aliphatic carbocycles. The van der Waals surface area contributed by atoms with Crippen molar-refractivity contribution in [2.24, 2.45) is 5.92 Å². The van der Waals surface area contributed by atoms with Crippen LogP contribution in [0, 0.1) is 5.92 Å². The van der Waals surface area contributed by atoms with Crippen LogP contribution < -0.4 is 0 Å². The lowest BCUT2D eigenvalue weighted by molar-refractivity contribution is 0.0904. The van der Waals surface area contributed by atoms with Gasteiger partial charge in [-0.1, -0.05) is 84.0 Å². The Bertz CT molecular complexity index is 245. The van der Waals surface area contributed by atoms with Crippen LogP contribution in [0.15, 0.2) is 0 Å². The second-order valence-electron chi connectivity index (χ2n) is 7.11. The smallest absolute Gasteiger partial charge is 0.0547 e. The van der Waals surface area contributed by atoms with Crippen LogP contribution in [0.5, 0.6) is 0 Å². The molecule has 2 atom stereocenters. The van der Waals surface area contributed by atoms with Crippen molar-refractivity contribution in [2.45, 2.75) is 95.6 Å². The lowest BCUT2D eigenvalue weighted by Gasteiger charge is -2.33. The zero-order valence-electron chi connectivity index (χ0n) is 15.3. The SMILES string of the molecule is CCCCCCCCCCCCCCC(CO)C(P)(CO)CO. The van der Waals surface area contributed by atoms with E-state index in [2.05, 4.69) is 16.2 Å². The highest BCUT2D eigenvalue weighted by atomic mass is 31.0. The van der Waals surface area contributed by atoms with Crippen LogP contribution in [0.4, 0.5) is 0 Å². The van der Waals surface area contributed by atoms with Crippen molar-refractivity contribution in [3.63, 3.8) is 0 Å². The van der Waals surface area contributed by atoms with Gasteiger partial charge in [-0.25, -0.2) is 0 Å². The highest BCUT2D eigenvalue weighted by Crippen LogP contribution is 2.31. The molecule has 0 amide bonds. The minimum atomic E-state index is -0.632. The Balaban J connectivity index is 3.47. The van der Waals surface area contributed by atoms with Crippen molar-refractivity contribution >= 4 is 9.24 Å². The van der Waals surface area contributed by atoms with E-state index in [1.165, 1.54) is 70.6 Å². The topological polar surface area (TPSA) is 60.7 Å². The molecule has 0 spiro atoms. The zero-order chi connectivity index (χ0) is 17.4. The van der Waals surface area contributed by atoms with Crippen LogP contribution in [0.2, 0.25) is 0 Å². The van der Waals surface area contributed by atoms with E-state index in [-0.39, 0.29) is 25.7 Å². The lowest BCUT2D eigenvalue weighted by atomic mass is 9.88. The van der Waals surface area contributed by atoms with Gasteiger partial charge >= 0.3 is 0 Å². The van der Waals surface area contributed by atoms with Crippen LogP contribution in [0.25, 0.3) is 0 Å². The molecular formula is C19H41O3P. The van der Waals surface area contributed by atoms with Gasteiger partial charge in [0.25, 0.3) is 0 Å². The Kier molecular flexibility index (Phi) is 16.0. The van der Waals surface area contributed by atoms with Gasteiger partial charge in [0.1, 0.15) is 0 Å². The molecule has 0 aromatic rings. The largest absolute Gasteiger partial charge is 0.396 e. The first-order valence-corrected chi connectivity index (χ1v) is 10.3. The summed E-state index contributed by atoms with van der Waals surface area (Å²) in [5.74, 6) is -0.0365. The maximum Gasteiger partial charge on any atom is 0.0547 e. The molecule has 23 heavy (non-hydrogen) atoms. The van der Waals surface area contributed by atoms with E-state index in [0.717, 1.165) is 12.8 Å². The van der Waals surface area contributed by atoms with E-state index < -0.39 is 5.16 Å². The van der Waals surface area contributed by atoms with E-state index in [0.29, 0.717) is 0 Å². The quantitative estimate of drug-likeness (QED) is 0.271. The summed E-state index contributed by atoms with van der Waals surface area (Å²) in [6.07, 6.45) is 16.7. The molecule has 3 nitrogen and oxygen atoms in total. The minimum Gasteiger partial charge on any atom is -0.396 e. The molecule has 4 heteroatoms. The number of hydrogen-bond acceptors (Lipinski definition) is 3. The molecule has 0 aromatic carbocycles. The predicted octanol–water partition coefficient (Wildman–Crippen LogP) is 4.28. The average Bonchev–Trinajstić information content (AvgIpc) is 2.58. The maximum absolute atomic E-state index is 9.47. The van der Waals surface area contributed by atoms with Gasteiger partial charge in [-0.05, 0) is 12.3 Å². The molecular weight excluding hydrogens is 307 g/mol. The van der Waals surface area contributed by atoms with Crippen LogP contribution in [-0.4, -0.2) is 40.3 Å². The third-order valence-corrected chi connectivity index (χ3v) is 5.86. The van der Waals surface area contributed by atoms with Crippen molar-refractivity contribution in [1.29, 1.82) is 0 Å². The molecule has 0 aliphatic heterocycles. The Morgan fingerprint density at radius 2 is 1.09 bits per heavy atom. The van der Waals surface area contributed by atoms with Crippen LogP contribution in [0.3, 0.4) is 0 Å². The molecule has 0 saturated heterocycles. The molecule has 0 aliphatic rings. The van der Waals surface area contributed by atoms with Crippen molar-refractivity contribution in [2.75, 3.05) is 19.8 Å². The van der Waals surface area contributed by atoms with Crippen molar-refractivity contribution in [3.8, 4) is 0 Å². The Morgan fingerprint density at radius 3 is 1.43 bits per heavy atom. The van der Waals surface area contributed by atoms with Crippen molar-refractivity contribution < 1.29 is 15.3 Å². The summed E-state index contributed by atoms with van der Waals surface area (Å²) in [5, 5.41) is 27.6. The second kappa shape index (κ2) is 15.8. The van der Waals surface area contributed by atoms with Crippen LogP contribution in [0.1, 0.15) is 90.4 Å². The molecule has 2 unspecified atom stereocenters. The van der Waals surface area contributed by atoms with E-state index in [1.807, 2.05) is 0 Å². The molecule has 3 N–H and O–H groups in total. The fourth-order valence-corrected chi connectivity index (χ4v) is 3.37. The van der Waals surface area contributed by atoms with Gasteiger partial charge in [-0.3, -0.25) is 0 Å². The van der Waals surface area contributed by atoms with Gasteiger partial charge in [0.05, 0.1) is 13.2 Å². The highest BCUT2D eigenvalue weighted by Gasteiger charge is 2.32. The van der Waals surface area contributed by atoms with E-state index in [4.69, 9.17) is 0 Å². The number of aliphatic hydroxyl groups excluding tert-OH is 3. The first-order chi connectivity index (χ1) is 11.1. The highest BCUT2D eigenvalue weighted by molar-refractivity contribution is 7.19. The molecule has 0 saturated carbocycles. The summed E-state index contributed by atoms with van der Waals surface area (Å²) in [6, 6.07) is 0. The van der Waals surface area contributed by atoms with E-state index in [9.17, 15) is 15.3 Å². The summed E-state index contributed by atoms with van der Waals surface area (Å²) >= 11 is 0. The van der Waals surface area contributed by atoms with Gasteiger partial charge in [0, 0.05) is 11.8 Å². The van der Waals surface area contributed by atoms with Gasteiger partial charge < -0.3 is 15.3 Å². The second-order valence-corrected chi connectivity index (χ2v) is 8.26. The number of aliphatic hydroxyl groups is 3. The monoisotopic (exact) mass is 348 g/mol. The summed E-state index contributed by atoms with van der Waals surface area (Å²) < 4.78 is 0. The third kappa shape index (κ3) is 11.5. The summed E-state index contributed by atoms with van der Waals surface area (Å²) in [4.78, 5) is 0. The summed E-state index contributed by atoms with van der Waals surface area (Å²) in [5.41, 5.74) is 0. The van der Waals surface area contributed by atoms with Crippen molar-refractivity contribution in [3.05, 3.63) is 0 Å². The number of hydrogen-bond donors (Lipinski definition) is 3. The maximum atomic E-state index is 9.47. The fraction of sp³-hybridized carbons (Fsp3) is 1.00. The van der Waals surface area contributed by atoms with Crippen molar-refractivity contribution in [1.82, 2.24) is 0 Å². The minimum absolute atomic E-state index is 0.0304. The molecule has 0 heterocycles. The molecule has 0 fully saturated rings. The first kappa shape index (κ1) is 23.3. The molecule has 0 bridgehead atoms. The number of rotatable bonds is 17. The van der Waals surface area contributed by atoms with Gasteiger partial charge in [0.2, 0.25) is 0 Å². The summed E-state index contributed by atoms with van der Waals surface area (Å²) in [7, 11) is 2.53. The van der Waals surface area contributed by atoms with Gasteiger partial charge in [0.15, 0.2) is 0 Å². The normalized spacial score (nSPS) is 13.4. The first-order valence-electron chi connectivity index (χ1n) is 9.76. The van der Waals surface area contributed by atoms with Gasteiger partial charge in [-0.15, -0.1) is 9.24 Å². The predicted molar refractivity (Wildman–Crippen MR) is 103 cm³/mol. The fourth-order valence-electron chi connectivity index (χ4n) is 3.10. The summed E-state index contributed by atoms with van der Waals surface area (Å²) in [6.45, 7) is 2.09. The lowest BCUT2D eigenvalue weighted by Crippen LogP contribution is -2.41. The Hall–Kier alpha value is 0.310. The van der Waals surface area contributed by atoms with Crippen LogP contribution in [-0.2, 0) is 0 Å². The molecule has 140 valence electrons. The van der Waals surface area contributed by atoms with Gasteiger partial charge in [-0.2, -0.15) is 0 Å². The Morgan fingerprint density at radius 1 is 0.696 bits per heavy atom. The number of unbranched alkanes of at least 4 members (excludes halogenated alkanes) is 11. The average molecular weight is 349 g/mol.